The fourth-order valence-electron chi connectivity index (χ4n) is 3.15. The van der Waals surface area contributed by atoms with Crippen molar-refractivity contribution in [1.82, 2.24) is 9.78 Å². The summed E-state index contributed by atoms with van der Waals surface area (Å²) in [5.74, 6) is -0.930. The summed E-state index contributed by atoms with van der Waals surface area (Å²) >= 11 is 0. The van der Waals surface area contributed by atoms with Crippen LogP contribution in [-0.2, 0) is 16.5 Å². The maximum Gasteiger partial charge on any atom is 0.359 e. The number of halogens is 1. The van der Waals surface area contributed by atoms with Crippen LogP contribution in [0, 0.1) is 11.2 Å². The quantitative estimate of drug-likeness (QED) is 0.817. The summed E-state index contributed by atoms with van der Waals surface area (Å²) in [6.45, 7) is 1.00. The van der Waals surface area contributed by atoms with Crippen LogP contribution in [0.5, 0.6) is 0 Å². The Morgan fingerprint density at radius 2 is 2.36 bits per heavy atom. The maximum absolute atomic E-state index is 13.4. The van der Waals surface area contributed by atoms with Crippen molar-refractivity contribution in [1.29, 1.82) is 0 Å². The highest BCUT2D eigenvalue weighted by atomic mass is 19.1. The molecule has 1 aliphatic heterocycles. The van der Waals surface area contributed by atoms with Gasteiger partial charge < -0.3 is 9.47 Å². The van der Waals surface area contributed by atoms with E-state index in [1.54, 1.807) is 17.8 Å². The Labute approximate surface area is 127 Å². The average molecular weight is 304 g/mol. The van der Waals surface area contributed by atoms with Crippen LogP contribution in [0.25, 0.3) is 10.9 Å². The number of rotatable bonds is 3. The number of esters is 1. The number of fused-ring (bicyclic) bond motifs is 1. The molecule has 1 unspecified atom stereocenters. The Hall–Kier alpha value is -1.95. The summed E-state index contributed by atoms with van der Waals surface area (Å²) in [5, 5.41) is 4.62. The van der Waals surface area contributed by atoms with Crippen molar-refractivity contribution in [3.05, 3.63) is 29.7 Å². The molecule has 1 aliphatic carbocycles. The molecule has 2 heterocycles. The topological polar surface area (TPSA) is 53.4 Å². The molecule has 22 heavy (non-hydrogen) atoms. The van der Waals surface area contributed by atoms with E-state index in [9.17, 15) is 9.18 Å². The van der Waals surface area contributed by atoms with Gasteiger partial charge in [-0.1, -0.05) is 0 Å². The zero-order valence-corrected chi connectivity index (χ0v) is 12.3. The number of nitrogens with zero attached hydrogens (tertiary/aromatic N) is 2. The van der Waals surface area contributed by atoms with E-state index >= 15 is 0 Å². The average Bonchev–Trinajstić information content (AvgIpc) is 3.00. The molecule has 1 aromatic carbocycles. The summed E-state index contributed by atoms with van der Waals surface area (Å²) in [4.78, 5) is 12.2. The third kappa shape index (κ3) is 2.27. The Kier molecular flexibility index (Phi) is 2.97. The molecule has 0 N–H and O–H groups in total. The smallest absolute Gasteiger partial charge is 0.359 e. The zero-order valence-electron chi connectivity index (χ0n) is 12.3. The molecule has 1 saturated heterocycles. The predicted molar refractivity (Wildman–Crippen MR) is 77.0 cm³/mol. The van der Waals surface area contributed by atoms with Crippen molar-refractivity contribution in [2.24, 2.45) is 12.5 Å². The van der Waals surface area contributed by atoms with Gasteiger partial charge in [0.1, 0.15) is 12.4 Å². The van der Waals surface area contributed by atoms with E-state index in [1.165, 1.54) is 25.0 Å². The SMILES string of the molecule is Cn1nc(C(=O)OCC2CC3(CC3)CO2)c2cc(F)ccc21. The molecule has 2 aromatic rings. The van der Waals surface area contributed by atoms with E-state index in [2.05, 4.69) is 5.10 Å². The van der Waals surface area contributed by atoms with Gasteiger partial charge in [0.2, 0.25) is 0 Å². The summed E-state index contributed by atoms with van der Waals surface area (Å²) < 4.78 is 26.0. The first kappa shape index (κ1) is 13.7. The third-order valence-corrected chi connectivity index (χ3v) is 4.65. The Morgan fingerprint density at radius 1 is 1.55 bits per heavy atom. The normalized spacial score (nSPS) is 22.4. The molecule has 0 bridgehead atoms. The zero-order chi connectivity index (χ0) is 15.3. The minimum atomic E-state index is -0.531. The lowest BCUT2D eigenvalue weighted by Gasteiger charge is -2.09. The third-order valence-electron chi connectivity index (χ3n) is 4.65. The van der Waals surface area contributed by atoms with Crippen LogP contribution < -0.4 is 0 Å². The van der Waals surface area contributed by atoms with Gasteiger partial charge in [-0.25, -0.2) is 9.18 Å². The minimum absolute atomic E-state index is 0.0295. The molecule has 2 fully saturated rings. The number of ether oxygens (including phenoxy) is 2. The van der Waals surface area contributed by atoms with Crippen LogP contribution in [0.15, 0.2) is 18.2 Å². The first-order valence-electron chi connectivity index (χ1n) is 7.47. The van der Waals surface area contributed by atoms with Gasteiger partial charge in [0.25, 0.3) is 0 Å². The van der Waals surface area contributed by atoms with Gasteiger partial charge >= 0.3 is 5.97 Å². The van der Waals surface area contributed by atoms with E-state index in [1.807, 2.05) is 0 Å². The molecule has 0 amide bonds. The summed E-state index contributed by atoms with van der Waals surface area (Å²) in [5.41, 5.74) is 1.20. The number of benzene rings is 1. The second kappa shape index (κ2) is 4.78. The molecule has 1 atom stereocenters. The second-order valence-electron chi connectivity index (χ2n) is 6.37. The van der Waals surface area contributed by atoms with Gasteiger partial charge in [-0.2, -0.15) is 5.10 Å². The fourth-order valence-corrected chi connectivity index (χ4v) is 3.15. The monoisotopic (exact) mass is 304 g/mol. The van der Waals surface area contributed by atoms with Crippen LogP contribution in [0.3, 0.4) is 0 Å². The first-order valence-corrected chi connectivity index (χ1v) is 7.47. The lowest BCUT2D eigenvalue weighted by Crippen LogP contribution is -2.18. The number of hydrogen-bond acceptors (Lipinski definition) is 4. The second-order valence-corrected chi connectivity index (χ2v) is 6.37. The van der Waals surface area contributed by atoms with Crippen molar-refractivity contribution in [2.45, 2.75) is 25.4 Å². The minimum Gasteiger partial charge on any atom is -0.458 e. The lowest BCUT2D eigenvalue weighted by molar-refractivity contribution is 0.0152. The molecule has 1 saturated carbocycles. The van der Waals surface area contributed by atoms with Gasteiger partial charge in [-0.3, -0.25) is 4.68 Å². The summed E-state index contributed by atoms with van der Waals surface area (Å²) in [6.07, 6.45) is 3.35. The van der Waals surface area contributed by atoms with Crippen molar-refractivity contribution in [3.63, 3.8) is 0 Å². The molecule has 116 valence electrons. The highest BCUT2D eigenvalue weighted by molar-refractivity contribution is 6.02. The summed E-state index contributed by atoms with van der Waals surface area (Å²) in [7, 11) is 1.72. The molecule has 0 radical (unpaired) electrons. The van der Waals surface area contributed by atoms with Crippen molar-refractivity contribution in [2.75, 3.05) is 13.2 Å². The van der Waals surface area contributed by atoms with Crippen LogP contribution in [0.2, 0.25) is 0 Å². The van der Waals surface area contributed by atoms with Gasteiger partial charge in [-0.05, 0) is 42.9 Å². The lowest BCUT2D eigenvalue weighted by atomic mass is 10.0. The van der Waals surface area contributed by atoms with Crippen LogP contribution >= 0.6 is 0 Å². The predicted octanol–water partition coefficient (Wildman–Crippen LogP) is 2.44. The van der Waals surface area contributed by atoms with Crippen LogP contribution in [0.1, 0.15) is 29.8 Å². The number of hydrogen-bond donors (Lipinski definition) is 0. The molecule has 1 aromatic heterocycles. The molecule has 6 heteroatoms. The highest BCUT2D eigenvalue weighted by Crippen LogP contribution is 2.53. The van der Waals surface area contributed by atoms with Gasteiger partial charge in [0, 0.05) is 12.4 Å². The molecule has 1 spiro atoms. The van der Waals surface area contributed by atoms with Gasteiger partial charge in [-0.15, -0.1) is 0 Å². The van der Waals surface area contributed by atoms with Crippen LogP contribution in [0.4, 0.5) is 4.39 Å². The van der Waals surface area contributed by atoms with E-state index in [0.29, 0.717) is 16.3 Å². The van der Waals surface area contributed by atoms with Gasteiger partial charge in [0.05, 0.1) is 18.2 Å². The molecule has 4 rings (SSSR count). The molecular weight excluding hydrogens is 287 g/mol. The molecule has 5 nitrogen and oxygen atoms in total. The first-order chi connectivity index (χ1) is 10.6. The van der Waals surface area contributed by atoms with Crippen LogP contribution in [-0.4, -0.2) is 35.1 Å². The Morgan fingerprint density at radius 3 is 3.09 bits per heavy atom. The number of carbonyl (C=O) groups excluding carboxylic acids is 1. The Bertz CT molecular complexity index is 751. The van der Waals surface area contributed by atoms with Crippen molar-refractivity contribution < 1.29 is 18.7 Å². The Balaban J connectivity index is 1.49. The van der Waals surface area contributed by atoms with Crippen molar-refractivity contribution in [3.8, 4) is 0 Å². The fraction of sp³-hybridized carbons (Fsp3) is 0.500. The summed E-state index contributed by atoms with van der Waals surface area (Å²) in [6, 6.07) is 4.26. The number of aromatic nitrogens is 2. The van der Waals surface area contributed by atoms with E-state index in [-0.39, 0.29) is 18.4 Å². The number of aryl methyl sites for hydroxylation is 1. The van der Waals surface area contributed by atoms with E-state index in [4.69, 9.17) is 9.47 Å². The largest absolute Gasteiger partial charge is 0.458 e. The number of carbonyl (C=O) groups is 1. The standard InChI is InChI=1S/C16H17FN2O3/c1-19-13-3-2-10(17)6-12(13)14(18-19)15(20)21-8-11-7-16(4-5-16)9-22-11/h2-3,6,11H,4-5,7-9H2,1H3. The van der Waals surface area contributed by atoms with E-state index in [0.717, 1.165) is 13.0 Å². The molecule has 2 aliphatic rings. The maximum atomic E-state index is 13.4. The highest BCUT2D eigenvalue weighted by Gasteiger charge is 2.49. The molecular formula is C16H17FN2O3. The van der Waals surface area contributed by atoms with Crippen molar-refractivity contribution >= 4 is 16.9 Å². The van der Waals surface area contributed by atoms with Gasteiger partial charge in [0.15, 0.2) is 5.69 Å². The van der Waals surface area contributed by atoms with E-state index < -0.39 is 11.8 Å².